The molecule has 0 radical (unpaired) electrons. The van der Waals surface area contributed by atoms with E-state index in [-0.39, 0.29) is 12.4 Å². The summed E-state index contributed by atoms with van der Waals surface area (Å²) in [5, 5.41) is 0.473. The van der Waals surface area contributed by atoms with E-state index in [9.17, 15) is 4.79 Å². The van der Waals surface area contributed by atoms with Crippen LogP contribution in [-0.4, -0.2) is 17.4 Å². The van der Waals surface area contributed by atoms with Gasteiger partial charge in [-0.25, -0.2) is 0 Å². The predicted octanol–water partition coefficient (Wildman–Crippen LogP) is 3.76. The van der Waals surface area contributed by atoms with E-state index < -0.39 is 0 Å². The van der Waals surface area contributed by atoms with Crippen molar-refractivity contribution in [2.45, 2.75) is 0 Å². The summed E-state index contributed by atoms with van der Waals surface area (Å²) < 4.78 is 6.09. The fourth-order valence-electron chi connectivity index (χ4n) is 1.39. The van der Waals surface area contributed by atoms with E-state index in [4.69, 9.17) is 16.3 Å². The number of ether oxygens (including phenoxy) is 1. The van der Waals surface area contributed by atoms with Gasteiger partial charge in [-0.2, -0.15) is 0 Å². The average molecular weight is 327 g/mol. The molecule has 1 aromatic carbocycles. The number of nitrogens with zero attached hydrogens (tertiary/aromatic N) is 1. The maximum Gasteiger partial charge on any atom is 0.201 e. The first-order valence-corrected chi connectivity index (χ1v) is 6.35. The lowest BCUT2D eigenvalue weighted by molar-refractivity contribution is 0.0920. The van der Waals surface area contributed by atoms with Crippen LogP contribution in [0.4, 0.5) is 0 Å². The number of pyridine rings is 1. The van der Waals surface area contributed by atoms with Gasteiger partial charge < -0.3 is 4.74 Å². The number of hydrogen-bond acceptors (Lipinski definition) is 3. The number of hydrogen-bond donors (Lipinski definition) is 0. The highest BCUT2D eigenvalue weighted by Crippen LogP contribution is 2.18. The van der Waals surface area contributed by atoms with Crippen molar-refractivity contribution in [3.8, 4) is 5.75 Å². The Kier molecular flexibility index (Phi) is 4.33. The van der Waals surface area contributed by atoms with Crippen molar-refractivity contribution in [3.05, 3.63) is 57.8 Å². The summed E-state index contributed by atoms with van der Waals surface area (Å²) in [6.45, 7) is -0.0510. The molecule has 2 rings (SSSR count). The van der Waals surface area contributed by atoms with E-state index in [0.29, 0.717) is 16.3 Å². The van der Waals surface area contributed by atoms with Gasteiger partial charge in [-0.3, -0.25) is 9.78 Å². The molecule has 0 aliphatic heterocycles. The molecule has 5 heteroatoms. The highest BCUT2D eigenvalue weighted by molar-refractivity contribution is 9.10. The molecule has 0 unspecified atom stereocenters. The van der Waals surface area contributed by atoms with Crippen molar-refractivity contribution in [1.29, 1.82) is 0 Å². The second kappa shape index (κ2) is 5.98. The van der Waals surface area contributed by atoms with E-state index >= 15 is 0 Å². The van der Waals surface area contributed by atoms with Gasteiger partial charge in [0.15, 0.2) is 6.61 Å². The third-order valence-corrected chi connectivity index (χ3v) is 3.12. The molecule has 0 atom stereocenters. The van der Waals surface area contributed by atoms with Crippen LogP contribution >= 0.6 is 27.5 Å². The lowest BCUT2D eigenvalue weighted by Gasteiger charge is -2.06. The topological polar surface area (TPSA) is 39.2 Å². The van der Waals surface area contributed by atoms with Crippen molar-refractivity contribution in [2.75, 3.05) is 6.61 Å². The quantitative estimate of drug-likeness (QED) is 0.803. The minimum atomic E-state index is -0.109. The Morgan fingerprint density at radius 2 is 2.11 bits per heavy atom. The number of halogens is 2. The lowest BCUT2D eigenvalue weighted by Crippen LogP contribution is -2.12. The zero-order valence-corrected chi connectivity index (χ0v) is 11.6. The van der Waals surface area contributed by atoms with E-state index in [0.717, 1.165) is 4.47 Å². The second-order valence-corrected chi connectivity index (χ2v) is 4.82. The van der Waals surface area contributed by atoms with E-state index in [1.54, 1.807) is 18.2 Å². The summed E-state index contributed by atoms with van der Waals surface area (Å²) in [5.41, 5.74) is 0.590. The number of Topliss-reactive ketones (excluding diaryl/α,β-unsaturated/α-hetero) is 1. The van der Waals surface area contributed by atoms with Crippen molar-refractivity contribution in [2.24, 2.45) is 0 Å². The molecule has 1 aromatic heterocycles. The van der Waals surface area contributed by atoms with Gasteiger partial charge in [0.05, 0.1) is 11.2 Å². The van der Waals surface area contributed by atoms with Crippen LogP contribution in [0.2, 0.25) is 5.02 Å². The van der Waals surface area contributed by atoms with Gasteiger partial charge in [0.2, 0.25) is 5.78 Å². The molecule has 3 nitrogen and oxygen atoms in total. The van der Waals surface area contributed by atoms with Gasteiger partial charge >= 0.3 is 0 Å². The molecule has 0 aliphatic rings. The van der Waals surface area contributed by atoms with Crippen LogP contribution in [0.5, 0.6) is 5.75 Å². The Hall–Kier alpha value is -1.39. The van der Waals surface area contributed by atoms with Crippen LogP contribution in [0.1, 0.15) is 10.4 Å². The summed E-state index contributed by atoms with van der Waals surface area (Å²) >= 11 is 9.09. The Labute approximate surface area is 118 Å². The number of aromatic nitrogens is 1. The molecule has 92 valence electrons. The predicted molar refractivity (Wildman–Crippen MR) is 73.2 cm³/mol. The zero-order valence-electron chi connectivity index (χ0n) is 9.27. The second-order valence-electron chi connectivity index (χ2n) is 3.53. The molecular formula is C13H9BrClNO2. The highest BCUT2D eigenvalue weighted by atomic mass is 79.9. The van der Waals surface area contributed by atoms with Gasteiger partial charge in [-0.15, -0.1) is 0 Å². The fraction of sp³-hybridized carbons (Fsp3) is 0.0769. The average Bonchev–Trinajstić information content (AvgIpc) is 2.37. The summed E-state index contributed by atoms with van der Waals surface area (Å²) in [6.07, 6.45) is 3.02. The van der Waals surface area contributed by atoms with Gasteiger partial charge in [0.25, 0.3) is 0 Å². The SMILES string of the molecule is O=C(COc1cncc(Cl)c1)c1ccccc1Br. The molecule has 2 aromatic rings. The fourth-order valence-corrected chi connectivity index (χ4v) is 2.06. The molecule has 0 spiro atoms. The minimum absolute atomic E-state index is 0.0510. The number of rotatable bonds is 4. The maximum absolute atomic E-state index is 11.9. The number of ketones is 1. The molecule has 0 saturated carbocycles. The van der Waals surface area contributed by atoms with Gasteiger partial charge in [-0.1, -0.05) is 45.7 Å². The van der Waals surface area contributed by atoms with Crippen molar-refractivity contribution < 1.29 is 9.53 Å². The third-order valence-electron chi connectivity index (χ3n) is 2.22. The van der Waals surface area contributed by atoms with Crippen LogP contribution in [-0.2, 0) is 0 Å². The van der Waals surface area contributed by atoms with Crippen LogP contribution in [0.3, 0.4) is 0 Å². The first kappa shape index (κ1) is 13.1. The van der Waals surface area contributed by atoms with Crippen molar-refractivity contribution in [3.63, 3.8) is 0 Å². The smallest absolute Gasteiger partial charge is 0.201 e. The third kappa shape index (κ3) is 3.31. The highest BCUT2D eigenvalue weighted by Gasteiger charge is 2.10. The normalized spacial score (nSPS) is 10.1. The Morgan fingerprint density at radius 1 is 1.33 bits per heavy atom. The van der Waals surface area contributed by atoms with Crippen LogP contribution < -0.4 is 4.74 Å². The minimum Gasteiger partial charge on any atom is -0.484 e. The lowest BCUT2D eigenvalue weighted by atomic mass is 10.1. The molecule has 0 bridgehead atoms. The molecule has 0 amide bonds. The molecule has 18 heavy (non-hydrogen) atoms. The van der Waals surface area contributed by atoms with Crippen LogP contribution in [0, 0.1) is 0 Å². The van der Waals surface area contributed by atoms with E-state index in [2.05, 4.69) is 20.9 Å². The van der Waals surface area contributed by atoms with Gasteiger partial charge in [0.1, 0.15) is 5.75 Å². The monoisotopic (exact) mass is 325 g/mol. The molecule has 0 N–H and O–H groups in total. The summed E-state index contributed by atoms with van der Waals surface area (Å²) in [4.78, 5) is 15.8. The first-order chi connectivity index (χ1) is 8.66. The molecule has 0 saturated heterocycles. The first-order valence-electron chi connectivity index (χ1n) is 5.18. The number of carbonyl (C=O) groups excluding carboxylic acids is 1. The number of benzene rings is 1. The largest absolute Gasteiger partial charge is 0.484 e. The summed E-state index contributed by atoms with van der Waals surface area (Å²) in [7, 11) is 0. The molecule has 1 heterocycles. The van der Waals surface area contributed by atoms with Crippen LogP contribution in [0.25, 0.3) is 0 Å². The van der Waals surface area contributed by atoms with Crippen LogP contribution in [0.15, 0.2) is 47.2 Å². The molecular weight excluding hydrogens is 318 g/mol. The Balaban J connectivity index is 2.03. The molecule has 0 aliphatic carbocycles. The Bertz CT molecular complexity index is 574. The summed E-state index contributed by atoms with van der Waals surface area (Å²) in [6, 6.07) is 8.82. The summed E-state index contributed by atoms with van der Waals surface area (Å²) in [5.74, 6) is 0.366. The standard InChI is InChI=1S/C13H9BrClNO2/c14-12-4-2-1-3-11(12)13(17)8-18-10-5-9(15)6-16-7-10/h1-7H,8H2. The number of carbonyl (C=O) groups is 1. The van der Waals surface area contributed by atoms with Crippen molar-refractivity contribution >= 4 is 33.3 Å². The van der Waals surface area contributed by atoms with E-state index in [1.807, 2.05) is 12.1 Å². The maximum atomic E-state index is 11.9. The van der Waals surface area contributed by atoms with Gasteiger partial charge in [0, 0.05) is 22.3 Å². The Morgan fingerprint density at radius 3 is 2.83 bits per heavy atom. The van der Waals surface area contributed by atoms with Gasteiger partial charge in [-0.05, 0) is 6.07 Å². The zero-order chi connectivity index (χ0) is 13.0. The van der Waals surface area contributed by atoms with E-state index in [1.165, 1.54) is 12.4 Å². The van der Waals surface area contributed by atoms with Crippen molar-refractivity contribution in [1.82, 2.24) is 4.98 Å². The molecule has 0 fully saturated rings.